The first-order valence-corrected chi connectivity index (χ1v) is 8.53. The van der Waals surface area contributed by atoms with Crippen molar-refractivity contribution in [3.05, 3.63) is 0 Å². The summed E-state index contributed by atoms with van der Waals surface area (Å²) in [7, 11) is 0. The van der Waals surface area contributed by atoms with Crippen molar-refractivity contribution in [2.24, 2.45) is 16.7 Å². The first kappa shape index (κ1) is 15.3. The van der Waals surface area contributed by atoms with Gasteiger partial charge in [0.1, 0.15) is 0 Å². The molecule has 2 bridgehead atoms. The zero-order valence-electron chi connectivity index (χ0n) is 13.8. The summed E-state index contributed by atoms with van der Waals surface area (Å²) in [6.45, 7) is 11.6. The number of nitrogens with zero attached hydrogens (tertiary/aromatic N) is 1. The highest BCUT2D eigenvalue weighted by Gasteiger charge is 2.61. The van der Waals surface area contributed by atoms with E-state index in [9.17, 15) is 4.79 Å². The third-order valence-corrected chi connectivity index (χ3v) is 6.89. The minimum atomic E-state index is 0.232. The Balaban J connectivity index is 1.49. The zero-order chi connectivity index (χ0) is 15.1. The summed E-state index contributed by atoms with van der Waals surface area (Å²) < 4.78 is 5.34. The lowest BCUT2D eigenvalue weighted by Gasteiger charge is -2.39. The van der Waals surface area contributed by atoms with Crippen LogP contribution in [-0.2, 0) is 9.53 Å². The molecule has 0 aromatic carbocycles. The number of fused-ring (bicyclic) bond motifs is 2. The summed E-state index contributed by atoms with van der Waals surface area (Å²) in [6, 6.07) is 0.378. The monoisotopic (exact) mass is 294 g/mol. The van der Waals surface area contributed by atoms with Gasteiger partial charge in [0.15, 0.2) is 0 Å². The maximum Gasteiger partial charge on any atom is 0.221 e. The van der Waals surface area contributed by atoms with Gasteiger partial charge in [0, 0.05) is 32.1 Å². The van der Waals surface area contributed by atoms with Crippen LogP contribution in [-0.4, -0.2) is 49.7 Å². The Kier molecular flexibility index (Phi) is 4.04. The lowest BCUT2D eigenvalue weighted by Crippen LogP contribution is -2.47. The van der Waals surface area contributed by atoms with Gasteiger partial charge in [-0.3, -0.25) is 9.69 Å². The van der Waals surface area contributed by atoms with Crippen LogP contribution in [0.2, 0.25) is 0 Å². The molecule has 0 unspecified atom stereocenters. The van der Waals surface area contributed by atoms with Crippen molar-refractivity contribution in [3.8, 4) is 0 Å². The van der Waals surface area contributed by atoms with Gasteiger partial charge in [-0.25, -0.2) is 0 Å². The molecule has 1 heterocycles. The van der Waals surface area contributed by atoms with Crippen LogP contribution in [0.3, 0.4) is 0 Å². The third kappa shape index (κ3) is 2.61. The Bertz CT molecular complexity index is 404. The molecule has 3 atom stereocenters. The molecule has 3 aliphatic rings. The maximum atomic E-state index is 12.3. The van der Waals surface area contributed by atoms with Crippen LogP contribution in [0.1, 0.15) is 46.5 Å². The average Bonchev–Trinajstić information content (AvgIpc) is 2.79. The normalized spacial score (nSPS) is 38.6. The van der Waals surface area contributed by atoms with Crippen LogP contribution in [0, 0.1) is 16.7 Å². The number of amides is 1. The third-order valence-electron chi connectivity index (χ3n) is 6.89. The predicted octanol–water partition coefficient (Wildman–Crippen LogP) is 2.04. The van der Waals surface area contributed by atoms with E-state index in [1.54, 1.807) is 0 Å². The molecule has 120 valence electrons. The van der Waals surface area contributed by atoms with E-state index in [4.69, 9.17) is 4.74 Å². The fourth-order valence-electron chi connectivity index (χ4n) is 4.77. The minimum Gasteiger partial charge on any atom is -0.379 e. The summed E-state index contributed by atoms with van der Waals surface area (Å²) in [5, 5.41) is 3.35. The molecule has 4 heteroatoms. The SMILES string of the molecule is CC1(C)[C@H]2CC[C@]1(C)[C@@H](NC(=O)CCN1CCOCC1)C2. The van der Waals surface area contributed by atoms with Crippen LogP contribution >= 0.6 is 0 Å². The fourth-order valence-corrected chi connectivity index (χ4v) is 4.77. The molecular weight excluding hydrogens is 264 g/mol. The highest BCUT2D eigenvalue weighted by Crippen LogP contribution is 2.65. The molecule has 1 saturated heterocycles. The summed E-state index contributed by atoms with van der Waals surface area (Å²) in [5.74, 6) is 1.02. The van der Waals surface area contributed by atoms with Crippen LogP contribution in [0.4, 0.5) is 0 Å². The van der Waals surface area contributed by atoms with Gasteiger partial charge in [0.25, 0.3) is 0 Å². The molecule has 2 saturated carbocycles. The summed E-state index contributed by atoms with van der Waals surface area (Å²) in [6.07, 6.45) is 4.40. The Morgan fingerprint density at radius 3 is 2.57 bits per heavy atom. The quantitative estimate of drug-likeness (QED) is 0.863. The minimum absolute atomic E-state index is 0.232. The number of carbonyl (C=O) groups is 1. The molecule has 1 aliphatic heterocycles. The molecule has 2 aliphatic carbocycles. The van der Waals surface area contributed by atoms with Gasteiger partial charge in [-0.05, 0) is 36.0 Å². The van der Waals surface area contributed by atoms with Crippen molar-refractivity contribution in [2.45, 2.75) is 52.5 Å². The molecule has 0 aromatic rings. The van der Waals surface area contributed by atoms with Crippen molar-refractivity contribution >= 4 is 5.91 Å². The second-order valence-corrected chi connectivity index (χ2v) is 7.93. The molecule has 0 spiro atoms. The van der Waals surface area contributed by atoms with Crippen LogP contribution in [0.15, 0.2) is 0 Å². The molecule has 21 heavy (non-hydrogen) atoms. The Labute approximate surface area is 128 Å². The summed E-state index contributed by atoms with van der Waals surface area (Å²) in [4.78, 5) is 14.6. The number of hydrogen-bond acceptors (Lipinski definition) is 3. The van der Waals surface area contributed by atoms with Gasteiger partial charge in [0.05, 0.1) is 13.2 Å². The first-order valence-electron chi connectivity index (χ1n) is 8.53. The summed E-state index contributed by atoms with van der Waals surface area (Å²) >= 11 is 0. The van der Waals surface area contributed by atoms with E-state index < -0.39 is 0 Å². The second-order valence-electron chi connectivity index (χ2n) is 7.93. The molecule has 1 amide bonds. The average molecular weight is 294 g/mol. The van der Waals surface area contributed by atoms with E-state index in [-0.39, 0.29) is 11.3 Å². The first-order chi connectivity index (χ1) is 9.93. The van der Waals surface area contributed by atoms with Crippen molar-refractivity contribution in [1.29, 1.82) is 0 Å². The Morgan fingerprint density at radius 1 is 1.29 bits per heavy atom. The Hall–Kier alpha value is -0.610. The van der Waals surface area contributed by atoms with Gasteiger partial charge >= 0.3 is 0 Å². The number of rotatable bonds is 4. The number of ether oxygens (including phenoxy) is 1. The lowest BCUT2D eigenvalue weighted by atomic mass is 9.69. The van der Waals surface area contributed by atoms with Crippen molar-refractivity contribution in [1.82, 2.24) is 10.2 Å². The largest absolute Gasteiger partial charge is 0.379 e. The van der Waals surface area contributed by atoms with Crippen molar-refractivity contribution in [3.63, 3.8) is 0 Å². The van der Waals surface area contributed by atoms with Crippen LogP contribution in [0.5, 0.6) is 0 Å². The topological polar surface area (TPSA) is 41.6 Å². The fraction of sp³-hybridized carbons (Fsp3) is 0.941. The van der Waals surface area contributed by atoms with Crippen molar-refractivity contribution in [2.75, 3.05) is 32.8 Å². The van der Waals surface area contributed by atoms with Gasteiger partial charge in [-0.15, -0.1) is 0 Å². The molecule has 0 radical (unpaired) electrons. The molecule has 3 fully saturated rings. The van der Waals surface area contributed by atoms with Crippen LogP contribution in [0.25, 0.3) is 0 Å². The highest BCUT2D eigenvalue weighted by atomic mass is 16.5. The molecule has 0 aromatic heterocycles. The second kappa shape index (κ2) is 5.54. The summed E-state index contributed by atoms with van der Waals surface area (Å²) in [5.41, 5.74) is 0.654. The van der Waals surface area contributed by atoms with Gasteiger partial charge in [0.2, 0.25) is 5.91 Å². The maximum absolute atomic E-state index is 12.3. The van der Waals surface area contributed by atoms with E-state index in [0.29, 0.717) is 17.9 Å². The van der Waals surface area contributed by atoms with Gasteiger partial charge < -0.3 is 10.1 Å². The van der Waals surface area contributed by atoms with E-state index in [0.717, 1.165) is 38.8 Å². The van der Waals surface area contributed by atoms with Crippen molar-refractivity contribution < 1.29 is 9.53 Å². The standard InChI is InChI=1S/C17H30N2O2/c1-16(2)13-4-6-17(16,3)14(12-13)18-15(20)5-7-19-8-10-21-11-9-19/h13-14H,4-12H2,1-3H3,(H,18,20)/t13-,14-,17+/m0/s1. The number of hydrogen-bond donors (Lipinski definition) is 1. The molecule has 4 nitrogen and oxygen atoms in total. The van der Waals surface area contributed by atoms with Gasteiger partial charge in [-0.2, -0.15) is 0 Å². The van der Waals surface area contributed by atoms with E-state index >= 15 is 0 Å². The molecular formula is C17H30N2O2. The highest BCUT2D eigenvalue weighted by molar-refractivity contribution is 5.76. The smallest absolute Gasteiger partial charge is 0.221 e. The predicted molar refractivity (Wildman–Crippen MR) is 83.0 cm³/mol. The number of carbonyl (C=O) groups excluding carboxylic acids is 1. The molecule has 1 N–H and O–H groups in total. The number of nitrogens with one attached hydrogen (secondary N) is 1. The van der Waals surface area contributed by atoms with E-state index in [1.165, 1.54) is 19.3 Å². The lowest BCUT2D eigenvalue weighted by molar-refractivity contribution is -0.123. The van der Waals surface area contributed by atoms with E-state index in [1.807, 2.05) is 0 Å². The number of morpholine rings is 1. The van der Waals surface area contributed by atoms with Gasteiger partial charge in [-0.1, -0.05) is 20.8 Å². The molecule has 3 rings (SSSR count). The van der Waals surface area contributed by atoms with Crippen LogP contribution < -0.4 is 5.32 Å². The zero-order valence-corrected chi connectivity index (χ0v) is 13.8. The Morgan fingerprint density at radius 2 is 2.00 bits per heavy atom. The van der Waals surface area contributed by atoms with E-state index in [2.05, 4.69) is 31.0 Å².